The van der Waals surface area contributed by atoms with Crippen molar-refractivity contribution in [3.63, 3.8) is 0 Å². The maximum Gasteiger partial charge on any atom is 0.349 e. The Hall–Kier alpha value is -2.51. The van der Waals surface area contributed by atoms with Gasteiger partial charge in [0.25, 0.3) is 0 Å². The first kappa shape index (κ1) is 14.9. The normalized spacial score (nSPS) is 9.76. The second-order valence-corrected chi connectivity index (χ2v) is 4.72. The lowest BCUT2D eigenvalue weighted by molar-refractivity contribution is -0.136. The summed E-state index contributed by atoms with van der Waals surface area (Å²) in [6.07, 6.45) is 0. The van der Waals surface area contributed by atoms with E-state index in [4.69, 9.17) is 26.3 Å². The first-order valence-electron chi connectivity index (χ1n) is 6.18. The zero-order valence-electron chi connectivity index (χ0n) is 11.3. The topological polar surface area (TPSA) is 59.3 Å². The molecule has 0 spiro atoms. The minimum Gasteiger partial charge on any atom is -0.482 e. The Morgan fingerprint density at radius 2 is 2.05 bits per heavy atom. The van der Waals surface area contributed by atoms with E-state index in [1.807, 2.05) is 13.0 Å². The molecule has 0 N–H and O–H groups in total. The zero-order chi connectivity index (χ0) is 15.2. The Balaban J connectivity index is 1.92. The molecule has 0 aliphatic heterocycles. The molecule has 0 saturated carbocycles. The van der Waals surface area contributed by atoms with Gasteiger partial charge in [-0.2, -0.15) is 5.26 Å². The molecule has 0 atom stereocenters. The quantitative estimate of drug-likeness (QED) is 0.640. The van der Waals surface area contributed by atoms with Gasteiger partial charge in [0.2, 0.25) is 0 Å². The number of esters is 1. The third-order valence-corrected chi connectivity index (χ3v) is 3.10. The van der Waals surface area contributed by atoms with Crippen molar-refractivity contribution < 1.29 is 14.3 Å². The van der Waals surface area contributed by atoms with Gasteiger partial charge in [-0.1, -0.05) is 17.7 Å². The average Bonchev–Trinajstić information content (AvgIpc) is 2.48. The zero-order valence-corrected chi connectivity index (χ0v) is 12.1. The number of hydrogen-bond acceptors (Lipinski definition) is 4. The van der Waals surface area contributed by atoms with Crippen LogP contribution in [0.3, 0.4) is 0 Å². The van der Waals surface area contributed by atoms with Gasteiger partial charge in [0.05, 0.1) is 11.6 Å². The summed E-state index contributed by atoms with van der Waals surface area (Å²) in [5.74, 6) is 0.312. The number of benzene rings is 2. The fourth-order valence-electron chi connectivity index (χ4n) is 1.64. The summed E-state index contributed by atoms with van der Waals surface area (Å²) >= 11 is 5.91. The standard InChI is InChI=1S/C16H12ClNO3/c1-11-7-13(5-6-15(11)17)20-10-16(19)21-14-4-2-3-12(8-14)9-18/h2-8H,10H2,1H3. The number of carbonyl (C=O) groups excluding carboxylic acids is 1. The highest BCUT2D eigenvalue weighted by molar-refractivity contribution is 6.31. The molecule has 2 aromatic carbocycles. The van der Waals surface area contributed by atoms with Gasteiger partial charge in [-0.15, -0.1) is 0 Å². The minimum absolute atomic E-state index is 0.224. The number of ether oxygens (including phenoxy) is 2. The Bertz CT molecular complexity index is 707. The van der Waals surface area contributed by atoms with Crippen LogP contribution in [0, 0.1) is 18.3 Å². The van der Waals surface area contributed by atoms with Gasteiger partial charge in [-0.3, -0.25) is 0 Å². The maximum atomic E-state index is 11.7. The molecule has 0 fully saturated rings. The predicted molar refractivity (Wildman–Crippen MR) is 78.5 cm³/mol. The number of rotatable bonds is 4. The fraction of sp³-hybridized carbons (Fsp3) is 0.125. The van der Waals surface area contributed by atoms with Gasteiger partial charge in [-0.25, -0.2) is 4.79 Å². The Morgan fingerprint density at radius 3 is 2.76 bits per heavy atom. The van der Waals surface area contributed by atoms with Crippen LogP contribution < -0.4 is 9.47 Å². The molecule has 0 unspecified atom stereocenters. The van der Waals surface area contributed by atoms with E-state index in [0.29, 0.717) is 22.1 Å². The second kappa shape index (κ2) is 6.78. The molecular formula is C16H12ClNO3. The molecule has 4 nitrogen and oxygen atoms in total. The van der Waals surface area contributed by atoms with E-state index in [1.165, 1.54) is 6.07 Å². The van der Waals surface area contributed by atoms with E-state index in [-0.39, 0.29) is 6.61 Å². The summed E-state index contributed by atoms with van der Waals surface area (Å²) in [6, 6.07) is 13.5. The van der Waals surface area contributed by atoms with Gasteiger partial charge in [0.15, 0.2) is 6.61 Å². The Morgan fingerprint density at radius 1 is 1.24 bits per heavy atom. The van der Waals surface area contributed by atoms with E-state index >= 15 is 0 Å². The van der Waals surface area contributed by atoms with Crippen LogP contribution in [0.1, 0.15) is 11.1 Å². The summed E-state index contributed by atoms with van der Waals surface area (Å²) in [7, 11) is 0. The minimum atomic E-state index is -0.544. The van der Waals surface area contributed by atoms with Gasteiger partial charge < -0.3 is 9.47 Å². The monoisotopic (exact) mass is 301 g/mol. The molecule has 0 amide bonds. The molecule has 2 aromatic rings. The largest absolute Gasteiger partial charge is 0.482 e. The molecule has 5 heteroatoms. The lowest BCUT2D eigenvalue weighted by Gasteiger charge is -2.08. The van der Waals surface area contributed by atoms with Gasteiger partial charge >= 0.3 is 5.97 Å². The third-order valence-electron chi connectivity index (χ3n) is 2.68. The second-order valence-electron chi connectivity index (χ2n) is 4.31. The summed E-state index contributed by atoms with van der Waals surface area (Å²) in [6.45, 7) is 1.62. The molecule has 106 valence electrons. The number of carbonyl (C=O) groups is 1. The summed E-state index contributed by atoms with van der Waals surface area (Å²) in [5.41, 5.74) is 1.29. The highest BCUT2D eigenvalue weighted by Crippen LogP contribution is 2.21. The highest BCUT2D eigenvalue weighted by Gasteiger charge is 2.07. The van der Waals surface area contributed by atoms with Crippen molar-refractivity contribution in [3.05, 3.63) is 58.6 Å². The Kier molecular flexibility index (Phi) is 4.81. The van der Waals surface area contributed by atoms with E-state index in [9.17, 15) is 4.79 Å². The van der Waals surface area contributed by atoms with Crippen LogP contribution >= 0.6 is 11.6 Å². The summed E-state index contributed by atoms with van der Waals surface area (Å²) in [5, 5.41) is 9.41. The summed E-state index contributed by atoms with van der Waals surface area (Å²) < 4.78 is 10.4. The molecule has 0 aromatic heterocycles. The van der Waals surface area contributed by atoms with Gasteiger partial charge in [0.1, 0.15) is 11.5 Å². The van der Waals surface area contributed by atoms with Crippen molar-refractivity contribution in [2.45, 2.75) is 6.92 Å². The number of aryl methyl sites for hydroxylation is 1. The third kappa shape index (κ3) is 4.23. The van der Waals surface area contributed by atoms with Crippen LogP contribution in [0.4, 0.5) is 0 Å². The fourth-order valence-corrected chi connectivity index (χ4v) is 1.76. The summed E-state index contributed by atoms with van der Waals surface area (Å²) in [4.78, 5) is 11.7. The molecule has 0 radical (unpaired) electrons. The lowest BCUT2D eigenvalue weighted by Crippen LogP contribution is -2.17. The van der Waals surface area contributed by atoms with Crippen molar-refractivity contribution in [1.29, 1.82) is 5.26 Å². The predicted octanol–water partition coefficient (Wildman–Crippen LogP) is 3.50. The van der Waals surface area contributed by atoms with E-state index in [1.54, 1.807) is 36.4 Å². The highest BCUT2D eigenvalue weighted by atomic mass is 35.5. The molecular weight excluding hydrogens is 290 g/mol. The van der Waals surface area contributed by atoms with Crippen LogP contribution in [0.15, 0.2) is 42.5 Å². The molecule has 0 heterocycles. The molecule has 2 rings (SSSR count). The number of hydrogen-bond donors (Lipinski definition) is 0. The van der Waals surface area contributed by atoms with Crippen molar-refractivity contribution in [2.24, 2.45) is 0 Å². The van der Waals surface area contributed by atoms with Gasteiger partial charge in [-0.05, 0) is 48.9 Å². The van der Waals surface area contributed by atoms with E-state index in [0.717, 1.165) is 5.56 Å². The van der Waals surface area contributed by atoms with Crippen molar-refractivity contribution in [1.82, 2.24) is 0 Å². The van der Waals surface area contributed by atoms with Crippen LogP contribution in [0.25, 0.3) is 0 Å². The van der Waals surface area contributed by atoms with Crippen molar-refractivity contribution >= 4 is 17.6 Å². The van der Waals surface area contributed by atoms with E-state index in [2.05, 4.69) is 0 Å². The van der Waals surface area contributed by atoms with E-state index < -0.39 is 5.97 Å². The molecule has 0 bridgehead atoms. The molecule has 0 aliphatic carbocycles. The van der Waals surface area contributed by atoms with Crippen molar-refractivity contribution in [2.75, 3.05) is 6.61 Å². The van der Waals surface area contributed by atoms with Crippen LogP contribution in [0.5, 0.6) is 11.5 Å². The van der Waals surface area contributed by atoms with Gasteiger partial charge in [0, 0.05) is 5.02 Å². The smallest absolute Gasteiger partial charge is 0.349 e. The molecule has 0 saturated heterocycles. The first-order valence-corrected chi connectivity index (χ1v) is 6.56. The Labute approximate surface area is 127 Å². The number of nitriles is 1. The number of halogens is 1. The SMILES string of the molecule is Cc1cc(OCC(=O)Oc2cccc(C#N)c2)ccc1Cl. The first-order chi connectivity index (χ1) is 10.1. The van der Waals surface area contributed by atoms with Crippen LogP contribution in [-0.2, 0) is 4.79 Å². The van der Waals surface area contributed by atoms with Crippen LogP contribution in [-0.4, -0.2) is 12.6 Å². The average molecular weight is 302 g/mol. The number of nitrogens with zero attached hydrogens (tertiary/aromatic N) is 1. The lowest BCUT2D eigenvalue weighted by atomic mass is 10.2. The molecule has 21 heavy (non-hydrogen) atoms. The molecule has 0 aliphatic rings. The van der Waals surface area contributed by atoms with Crippen molar-refractivity contribution in [3.8, 4) is 17.6 Å². The van der Waals surface area contributed by atoms with Crippen LogP contribution in [0.2, 0.25) is 5.02 Å². The maximum absolute atomic E-state index is 11.7.